The molecule has 0 bridgehead atoms. The molecule has 28 heavy (non-hydrogen) atoms. The Balaban J connectivity index is 0.00000140. The van der Waals surface area contributed by atoms with Gasteiger partial charge in [0.1, 0.15) is 0 Å². The van der Waals surface area contributed by atoms with E-state index in [2.05, 4.69) is 35.3 Å². The molecule has 2 aliphatic heterocycles. The normalized spacial score (nSPS) is 21.5. The molecule has 0 radical (unpaired) electrons. The smallest absolute Gasteiger partial charge is 0.288 e. The van der Waals surface area contributed by atoms with Crippen LogP contribution in [0.5, 0.6) is 0 Å². The molecule has 2 fully saturated rings. The Kier molecular flexibility index (Phi) is 8.54. The number of nitrogens with one attached hydrogen (secondary N) is 1. The maximum Gasteiger partial charge on any atom is 0.288 e. The monoisotopic (exact) mass is 462 g/mol. The molecule has 6 nitrogen and oxygen atoms in total. The summed E-state index contributed by atoms with van der Waals surface area (Å²) in [5.74, 6) is 0.235. The van der Waals surface area contributed by atoms with E-state index >= 15 is 0 Å². The molecule has 0 aliphatic carbocycles. The summed E-state index contributed by atoms with van der Waals surface area (Å²) in [5.41, 5.74) is 1.13. The molecule has 1 aromatic heterocycles. The molecule has 1 N–H and O–H groups in total. The summed E-state index contributed by atoms with van der Waals surface area (Å²) in [6, 6.07) is 8.89. The fraction of sp³-hybridized carbons (Fsp3) is 0.500. The van der Waals surface area contributed by atoms with Crippen molar-refractivity contribution in [2.24, 2.45) is 0 Å². The molecule has 2 aromatic rings. The van der Waals surface area contributed by atoms with Gasteiger partial charge in [-0.3, -0.25) is 19.4 Å². The van der Waals surface area contributed by atoms with Gasteiger partial charge in [0.25, 0.3) is 5.24 Å². The highest BCUT2D eigenvalue weighted by Gasteiger charge is 2.31. The summed E-state index contributed by atoms with van der Waals surface area (Å²) >= 11 is 2.66. The Morgan fingerprint density at radius 3 is 2.82 bits per heavy atom. The maximum atomic E-state index is 11.8. The van der Waals surface area contributed by atoms with E-state index in [1.807, 2.05) is 6.07 Å². The second kappa shape index (κ2) is 10.2. The van der Waals surface area contributed by atoms with E-state index in [1.54, 1.807) is 11.5 Å². The topological polar surface area (TPSA) is 65.5 Å². The van der Waals surface area contributed by atoms with Crippen LogP contribution in [0, 0.1) is 0 Å². The number of halogens is 2. The highest BCUT2D eigenvalue weighted by atomic mass is 35.5. The van der Waals surface area contributed by atoms with Crippen LogP contribution in [0.3, 0.4) is 0 Å². The van der Waals surface area contributed by atoms with E-state index in [0.29, 0.717) is 18.3 Å². The molecule has 2 unspecified atom stereocenters. The van der Waals surface area contributed by atoms with Gasteiger partial charge in [-0.1, -0.05) is 30.0 Å². The zero-order valence-corrected chi connectivity index (χ0v) is 18.8. The number of rotatable bonds is 5. The third-order valence-electron chi connectivity index (χ3n) is 5.18. The summed E-state index contributed by atoms with van der Waals surface area (Å²) in [5, 5.41) is 4.72. The van der Waals surface area contributed by atoms with Gasteiger partial charge in [-0.2, -0.15) is 4.37 Å². The molecule has 0 saturated carbocycles. The number of hydrogen-bond acceptors (Lipinski definition) is 7. The number of carbonyl (C=O) groups excluding carboxylic acids is 2. The summed E-state index contributed by atoms with van der Waals surface area (Å²) < 4.78 is 5.91. The van der Waals surface area contributed by atoms with Crippen molar-refractivity contribution in [3.63, 3.8) is 0 Å². The Hall–Kier alpha value is -0.900. The first kappa shape index (κ1) is 23.4. The van der Waals surface area contributed by atoms with Crippen molar-refractivity contribution < 1.29 is 9.59 Å². The van der Waals surface area contributed by atoms with Crippen LogP contribution in [-0.4, -0.2) is 63.3 Å². The number of hydrogen-bond donors (Lipinski definition) is 1. The van der Waals surface area contributed by atoms with Gasteiger partial charge in [-0.05, 0) is 30.9 Å². The Bertz CT molecular complexity index is 819. The SMILES string of the molecule is CC(CCN1C(=O)CSC1=O)N1CCNC(c2nsc3ccccc23)C1.Cl.Cl. The molecule has 0 spiro atoms. The van der Waals surface area contributed by atoms with Crippen LogP contribution in [0.25, 0.3) is 10.1 Å². The predicted molar refractivity (Wildman–Crippen MR) is 120 cm³/mol. The van der Waals surface area contributed by atoms with Crippen LogP contribution in [0.1, 0.15) is 25.1 Å². The van der Waals surface area contributed by atoms with Crippen molar-refractivity contribution in [1.29, 1.82) is 0 Å². The Morgan fingerprint density at radius 1 is 1.29 bits per heavy atom. The molecule has 3 heterocycles. The maximum absolute atomic E-state index is 11.8. The van der Waals surface area contributed by atoms with Crippen LogP contribution in [-0.2, 0) is 4.79 Å². The molecule has 2 saturated heterocycles. The van der Waals surface area contributed by atoms with Gasteiger partial charge in [0.2, 0.25) is 5.91 Å². The first-order valence-electron chi connectivity index (χ1n) is 8.92. The molecule has 2 amide bonds. The largest absolute Gasteiger partial charge is 0.306 e. The van der Waals surface area contributed by atoms with E-state index in [1.165, 1.54) is 15.0 Å². The fourth-order valence-corrected chi connectivity index (χ4v) is 5.19. The third kappa shape index (κ3) is 4.80. The van der Waals surface area contributed by atoms with Crippen LogP contribution in [0.4, 0.5) is 4.79 Å². The highest BCUT2D eigenvalue weighted by molar-refractivity contribution is 8.14. The molecule has 2 aliphatic rings. The number of imide groups is 1. The number of nitrogens with zero attached hydrogens (tertiary/aromatic N) is 3. The first-order valence-corrected chi connectivity index (χ1v) is 10.7. The molecule has 154 valence electrons. The lowest BCUT2D eigenvalue weighted by Gasteiger charge is -2.37. The van der Waals surface area contributed by atoms with Crippen LogP contribution >= 0.6 is 48.1 Å². The van der Waals surface area contributed by atoms with Crippen molar-refractivity contribution in [3.8, 4) is 0 Å². The lowest BCUT2D eigenvalue weighted by molar-refractivity contribution is -0.124. The van der Waals surface area contributed by atoms with Gasteiger partial charge < -0.3 is 5.32 Å². The van der Waals surface area contributed by atoms with Crippen LogP contribution in [0.15, 0.2) is 24.3 Å². The van der Waals surface area contributed by atoms with Crippen molar-refractivity contribution in [1.82, 2.24) is 19.5 Å². The molecule has 2 atom stereocenters. The Labute approximate surface area is 185 Å². The van der Waals surface area contributed by atoms with Crippen LogP contribution < -0.4 is 5.32 Å². The van der Waals surface area contributed by atoms with Gasteiger partial charge in [-0.25, -0.2) is 0 Å². The van der Waals surface area contributed by atoms with Crippen LogP contribution in [0.2, 0.25) is 0 Å². The van der Waals surface area contributed by atoms with E-state index < -0.39 is 0 Å². The number of piperazine rings is 1. The van der Waals surface area contributed by atoms with E-state index in [-0.39, 0.29) is 42.0 Å². The number of aromatic nitrogens is 1. The minimum absolute atomic E-state index is 0. The number of carbonyl (C=O) groups is 2. The van der Waals surface area contributed by atoms with Crippen molar-refractivity contribution in [3.05, 3.63) is 30.0 Å². The van der Waals surface area contributed by atoms with E-state index in [0.717, 1.165) is 43.5 Å². The highest BCUT2D eigenvalue weighted by Crippen LogP contribution is 2.29. The second-order valence-corrected chi connectivity index (χ2v) is 8.53. The number of fused-ring (bicyclic) bond motifs is 1. The zero-order valence-electron chi connectivity index (χ0n) is 15.5. The standard InChI is InChI=1S/C18H22N4O2S2.2ClH/c1-12(6-8-22-16(23)11-25-18(22)24)21-9-7-19-14(10-21)17-13-4-2-3-5-15(13)26-20-17;;/h2-5,12,14,19H,6-11H2,1H3;2*1H. The quantitative estimate of drug-likeness (QED) is 0.732. The molecule has 10 heteroatoms. The third-order valence-corrected chi connectivity index (χ3v) is 6.88. The molecular weight excluding hydrogens is 439 g/mol. The van der Waals surface area contributed by atoms with Gasteiger partial charge in [0.15, 0.2) is 0 Å². The first-order chi connectivity index (χ1) is 12.6. The lowest BCUT2D eigenvalue weighted by atomic mass is 10.0. The zero-order chi connectivity index (χ0) is 18.1. The Morgan fingerprint density at radius 2 is 2.07 bits per heavy atom. The number of thioether (sulfide) groups is 1. The summed E-state index contributed by atoms with van der Waals surface area (Å²) in [6.07, 6.45) is 0.808. The van der Waals surface area contributed by atoms with Crippen molar-refractivity contribution in [2.45, 2.75) is 25.4 Å². The average Bonchev–Trinajstić information content (AvgIpc) is 3.23. The van der Waals surface area contributed by atoms with E-state index in [9.17, 15) is 9.59 Å². The van der Waals surface area contributed by atoms with Gasteiger partial charge >= 0.3 is 0 Å². The molecule has 1 aromatic carbocycles. The fourth-order valence-electron chi connectivity index (χ4n) is 3.61. The summed E-state index contributed by atoms with van der Waals surface area (Å²) in [4.78, 5) is 27.3. The minimum Gasteiger partial charge on any atom is -0.306 e. The van der Waals surface area contributed by atoms with Gasteiger partial charge in [0.05, 0.1) is 22.2 Å². The van der Waals surface area contributed by atoms with Gasteiger partial charge in [0, 0.05) is 37.6 Å². The molecule has 4 rings (SSSR count). The predicted octanol–water partition coefficient (Wildman–Crippen LogP) is 3.56. The molecular formula is C18H24Cl2N4O2S2. The summed E-state index contributed by atoms with van der Waals surface area (Å²) in [7, 11) is 0. The summed E-state index contributed by atoms with van der Waals surface area (Å²) in [6.45, 7) is 5.47. The average molecular weight is 463 g/mol. The van der Waals surface area contributed by atoms with E-state index in [4.69, 9.17) is 4.37 Å². The number of amides is 2. The van der Waals surface area contributed by atoms with Crippen molar-refractivity contribution in [2.75, 3.05) is 31.9 Å². The minimum atomic E-state index is -0.102. The van der Waals surface area contributed by atoms with Crippen molar-refractivity contribution >= 4 is 69.3 Å². The number of benzene rings is 1. The second-order valence-electron chi connectivity index (χ2n) is 6.80. The van der Waals surface area contributed by atoms with Gasteiger partial charge in [-0.15, -0.1) is 24.8 Å². The lowest BCUT2D eigenvalue weighted by Crippen LogP contribution is -2.50.